The average Bonchev–Trinajstić information content (AvgIpc) is 2.46. The van der Waals surface area contributed by atoms with Gasteiger partial charge in [-0.3, -0.25) is 4.99 Å². The van der Waals surface area contributed by atoms with E-state index < -0.39 is 0 Å². The summed E-state index contributed by atoms with van der Waals surface area (Å²) in [7, 11) is 1.64. The van der Waals surface area contributed by atoms with Gasteiger partial charge in [0.15, 0.2) is 0 Å². The van der Waals surface area contributed by atoms with Crippen LogP contribution < -0.4 is 10.5 Å². The SMILES string of the molecule is COc1ccc(N=Cc2ccc(C(N)=S)cc2)cc1. The van der Waals surface area contributed by atoms with E-state index in [-0.39, 0.29) is 0 Å². The first-order chi connectivity index (χ1) is 9.19. The maximum Gasteiger partial charge on any atom is 0.119 e. The van der Waals surface area contributed by atoms with Gasteiger partial charge in [0.25, 0.3) is 0 Å². The van der Waals surface area contributed by atoms with Crippen molar-refractivity contribution in [2.75, 3.05) is 7.11 Å². The highest BCUT2D eigenvalue weighted by Crippen LogP contribution is 2.17. The van der Waals surface area contributed by atoms with E-state index in [0.29, 0.717) is 4.99 Å². The standard InChI is InChI=1S/C15H14N2OS/c1-18-14-8-6-13(7-9-14)17-10-11-2-4-12(5-3-11)15(16)19/h2-10H,1H3,(H2,16,19). The number of methoxy groups -OCH3 is 1. The second-order valence-electron chi connectivity index (χ2n) is 3.94. The minimum Gasteiger partial charge on any atom is -0.497 e. The summed E-state index contributed by atoms with van der Waals surface area (Å²) >= 11 is 4.90. The van der Waals surface area contributed by atoms with E-state index in [1.165, 1.54) is 0 Å². The van der Waals surface area contributed by atoms with Crippen LogP contribution in [0, 0.1) is 0 Å². The molecule has 0 aromatic heterocycles. The third kappa shape index (κ3) is 3.63. The molecule has 2 rings (SSSR count). The molecule has 0 saturated carbocycles. The Morgan fingerprint density at radius 2 is 1.74 bits per heavy atom. The molecule has 0 radical (unpaired) electrons. The molecule has 0 spiro atoms. The molecule has 2 N–H and O–H groups in total. The van der Waals surface area contributed by atoms with E-state index in [1.807, 2.05) is 48.5 Å². The summed E-state index contributed by atoms with van der Waals surface area (Å²) in [5, 5.41) is 0. The number of nitrogens with zero attached hydrogens (tertiary/aromatic N) is 1. The van der Waals surface area contributed by atoms with Crippen molar-refractivity contribution in [2.24, 2.45) is 10.7 Å². The number of thiocarbonyl (C=S) groups is 1. The summed E-state index contributed by atoms with van der Waals surface area (Å²) < 4.78 is 5.09. The van der Waals surface area contributed by atoms with Crippen LogP contribution in [0.5, 0.6) is 5.75 Å². The van der Waals surface area contributed by atoms with Gasteiger partial charge in [0, 0.05) is 11.8 Å². The van der Waals surface area contributed by atoms with Gasteiger partial charge >= 0.3 is 0 Å². The molecular formula is C15H14N2OS. The third-order valence-corrected chi connectivity index (χ3v) is 2.87. The molecule has 0 atom stereocenters. The van der Waals surface area contributed by atoms with Crippen LogP contribution in [-0.4, -0.2) is 18.3 Å². The van der Waals surface area contributed by atoms with Gasteiger partial charge in [0.1, 0.15) is 10.7 Å². The molecule has 3 nitrogen and oxygen atoms in total. The molecule has 2 aromatic carbocycles. The van der Waals surface area contributed by atoms with Crippen LogP contribution in [0.1, 0.15) is 11.1 Å². The summed E-state index contributed by atoms with van der Waals surface area (Å²) in [6, 6.07) is 15.2. The minimum atomic E-state index is 0.402. The smallest absolute Gasteiger partial charge is 0.119 e. The normalized spacial score (nSPS) is 10.6. The fourth-order valence-corrected chi connectivity index (χ4v) is 1.69. The Morgan fingerprint density at radius 1 is 1.11 bits per heavy atom. The summed E-state index contributed by atoms with van der Waals surface area (Å²) in [6.07, 6.45) is 1.80. The van der Waals surface area contributed by atoms with Gasteiger partial charge in [-0.2, -0.15) is 0 Å². The van der Waals surface area contributed by atoms with Crippen LogP contribution in [0.2, 0.25) is 0 Å². The van der Waals surface area contributed by atoms with Crippen LogP contribution in [0.4, 0.5) is 5.69 Å². The molecule has 0 unspecified atom stereocenters. The molecule has 0 aliphatic rings. The topological polar surface area (TPSA) is 47.6 Å². The van der Waals surface area contributed by atoms with Crippen molar-refractivity contribution in [3.05, 3.63) is 59.7 Å². The van der Waals surface area contributed by atoms with Gasteiger partial charge in [0.2, 0.25) is 0 Å². The zero-order chi connectivity index (χ0) is 13.7. The number of hydrogen-bond donors (Lipinski definition) is 1. The first-order valence-electron chi connectivity index (χ1n) is 5.77. The molecule has 0 aliphatic carbocycles. The second kappa shape index (κ2) is 6.11. The lowest BCUT2D eigenvalue weighted by Gasteiger charge is -2.00. The Morgan fingerprint density at radius 3 is 2.26 bits per heavy atom. The monoisotopic (exact) mass is 270 g/mol. The number of hydrogen-bond acceptors (Lipinski definition) is 3. The van der Waals surface area contributed by atoms with Crippen molar-refractivity contribution in [3.63, 3.8) is 0 Å². The highest BCUT2D eigenvalue weighted by atomic mass is 32.1. The van der Waals surface area contributed by atoms with Crippen molar-refractivity contribution < 1.29 is 4.74 Å². The van der Waals surface area contributed by atoms with E-state index in [4.69, 9.17) is 22.7 Å². The van der Waals surface area contributed by atoms with Gasteiger partial charge in [0.05, 0.1) is 12.8 Å². The van der Waals surface area contributed by atoms with Gasteiger partial charge in [-0.15, -0.1) is 0 Å². The Balaban J connectivity index is 2.10. The molecule has 4 heteroatoms. The van der Waals surface area contributed by atoms with Gasteiger partial charge in [-0.25, -0.2) is 0 Å². The van der Waals surface area contributed by atoms with Gasteiger partial charge in [-0.05, 0) is 29.8 Å². The van der Waals surface area contributed by atoms with Crippen LogP contribution in [0.25, 0.3) is 0 Å². The first kappa shape index (κ1) is 13.2. The molecule has 0 bridgehead atoms. The molecule has 0 heterocycles. The highest BCUT2D eigenvalue weighted by molar-refractivity contribution is 7.80. The molecule has 0 fully saturated rings. The Hall–Kier alpha value is -2.20. The van der Waals surface area contributed by atoms with Crippen LogP contribution >= 0.6 is 12.2 Å². The van der Waals surface area contributed by atoms with Crippen LogP contribution in [-0.2, 0) is 0 Å². The third-order valence-electron chi connectivity index (χ3n) is 2.63. The maximum atomic E-state index is 5.54. The summed E-state index contributed by atoms with van der Waals surface area (Å²) in [6.45, 7) is 0. The van der Waals surface area contributed by atoms with Crippen molar-refractivity contribution >= 4 is 29.1 Å². The maximum absolute atomic E-state index is 5.54. The molecule has 0 saturated heterocycles. The molecule has 96 valence electrons. The lowest BCUT2D eigenvalue weighted by Crippen LogP contribution is -2.08. The van der Waals surface area contributed by atoms with E-state index in [2.05, 4.69) is 4.99 Å². The van der Waals surface area contributed by atoms with Crippen molar-refractivity contribution in [1.29, 1.82) is 0 Å². The minimum absolute atomic E-state index is 0.402. The predicted molar refractivity (Wildman–Crippen MR) is 82.6 cm³/mol. The lowest BCUT2D eigenvalue weighted by molar-refractivity contribution is 0.415. The Labute approximate surface area is 117 Å². The van der Waals surface area contributed by atoms with Crippen molar-refractivity contribution in [2.45, 2.75) is 0 Å². The highest BCUT2D eigenvalue weighted by Gasteiger charge is 1.95. The number of ether oxygens (including phenoxy) is 1. The molecule has 19 heavy (non-hydrogen) atoms. The zero-order valence-electron chi connectivity index (χ0n) is 10.5. The summed E-state index contributed by atoms with van der Waals surface area (Å²) in [5.41, 5.74) is 8.27. The summed E-state index contributed by atoms with van der Waals surface area (Å²) in [4.78, 5) is 4.78. The number of benzene rings is 2. The molecule has 2 aromatic rings. The number of rotatable bonds is 4. The molecule has 0 aliphatic heterocycles. The van der Waals surface area contributed by atoms with E-state index in [1.54, 1.807) is 13.3 Å². The quantitative estimate of drug-likeness (QED) is 0.686. The van der Waals surface area contributed by atoms with Crippen LogP contribution in [0.3, 0.4) is 0 Å². The molecule has 0 amide bonds. The van der Waals surface area contributed by atoms with E-state index in [0.717, 1.165) is 22.6 Å². The number of nitrogens with two attached hydrogens (primary N) is 1. The Bertz CT molecular complexity index is 589. The van der Waals surface area contributed by atoms with Crippen LogP contribution in [0.15, 0.2) is 53.5 Å². The fourth-order valence-electron chi connectivity index (χ4n) is 1.55. The first-order valence-corrected chi connectivity index (χ1v) is 6.18. The second-order valence-corrected chi connectivity index (χ2v) is 4.38. The van der Waals surface area contributed by atoms with Crippen molar-refractivity contribution in [1.82, 2.24) is 0 Å². The lowest BCUT2D eigenvalue weighted by atomic mass is 10.1. The summed E-state index contributed by atoms with van der Waals surface area (Å²) in [5.74, 6) is 0.819. The van der Waals surface area contributed by atoms with E-state index >= 15 is 0 Å². The molecular weight excluding hydrogens is 256 g/mol. The van der Waals surface area contributed by atoms with E-state index in [9.17, 15) is 0 Å². The average molecular weight is 270 g/mol. The largest absolute Gasteiger partial charge is 0.497 e. The Kier molecular flexibility index (Phi) is 4.26. The zero-order valence-corrected chi connectivity index (χ0v) is 11.4. The number of aliphatic imine (C=N–C) groups is 1. The van der Waals surface area contributed by atoms with Crippen molar-refractivity contribution in [3.8, 4) is 5.75 Å². The van der Waals surface area contributed by atoms with Gasteiger partial charge in [-0.1, -0.05) is 36.5 Å². The predicted octanol–water partition coefficient (Wildman–Crippen LogP) is 3.08. The fraction of sp³-hybridized carbons (Fsp3) is 0.0667. The van der Waals surface area contributed by atoms with Gasteiger partial charge < -0.3 is 10.5 Å².